The van der Waals surface area contributed by atoms with Crippen molar-refractivity contribution in [3.8, 4) is 5.69 Å². The highest BCUT2D eigenvalue weighted by molar-refractivity contribution is 5.56. The van der Waals surface area contributed by atoms with E-state index < -0.39 is 0 Å². The SMILES string of the molecule is CCc1nn(-c2ccccc2)c(N2CCN(CC)CC2)c1CN(Cc1ccco1)C(C)C. The maximum atomic E-state index is 5.68. The Morgan fingerprint density at radius 2 is 1.72 bits per heavy atom. The van der Waals surface area contributed by atoms with Crippen LogP contribution in [0, 0.1) is 0 Å². The average molecular weight is 436 g/mol. The Bertz CT molecular complexity index is 956. The summed E-state index contributed by atoms with van der Waals surface area (Å²) < 4.78 is 7.86. The van der Waals surface area contributed by atoms with Crippen molar-refractivity contribution in [1.82, 2.24) is 19.6 Å². The van der Waals surface area contributed by atoms with E-state index in [1.54, 1.807) is 6.26 Å². The lowest BCUT2D eigenvalue weighted by Crippen LogP contribution is -2.47. The van der Waals surface area contributed by atoms with Crippen molar-refractivity contribution in [1.29, 1.82) is 0 Å². The lowest BCUT2D eigenvalue weighted by atomic mass is 10.1. The second-order valence-electron chi connectivity index (χ2n) is 8.85. The first-order valence-corrected chi connectivity index (χ1v) is 12.0. The van der Waals surface area contributed by atoms with Crippen LogP contribution in [0.5, 0.6) is 0 Å². The van der Waals surface area contributed by atoms with Gasteiger partial charge in [-0.25, -0.2) is 4.68 Å². The molecule has 1 aliphatic heterocycles. The normalized spacial score (nSPS) is 15.2. The molecule has 0 bridgehead atoms. The van der Waals surface area contributed by atoms with Crippen molar-refractivity contribution < 1.29 is 4.42 Å². The number of aryl methyl sites for hydroxylation is 1. The van der Waals surface area contributed by atoms with Crippen molar-refractivity contribution in [3.05, 3.63) is 65.7 Å². The molecule has 3 aromatic rings. The zero-order valence-corrected chi connectivity index (χ0v) is 20.0. The van der Waals surface area contributed by atoms with Gasteiger partial charge in [-0.05, 0) is 51.1 Å². The number of nitrogens with zero attached hydrogens (tertiary/aromatic N) is 5. The van der Waals surface area contributed by atoms with E-state index >= 15 is 0 Å². The molecular weight excluding hydrogens is 398 g/mol. The summed E-state index contributed by atoms with van der Waals surface area (Å²) in [6.07, 6.45) is 2.68. The minimum Gasteiger partial charge on any atom is -0.468 e. The van der Waals surface area contributed by atoms with Gasteiger partial charge in [0, 0.05) is 44.3 Å². The molecule has 0 spiro atoms. The van der Waals surface area contributed by atoms with Crippen LogP contribution in [0.3, 0.4) is 0 Å². The van der Waals surface area contributed by atoms with Crippen LogP contribution in [0.2, 0.25) is 0 Å². The number of hydrogen-bond acceptors (Lipinski definition) is 5. The van der Waals surface area contributed by atoms with Gasteiger partial charge in [0.25, 0.3) is 0 Å². The van der Waals surface area contributed by atoms with Crippen molar-refractivity contribution in [3.63, 3.8) is 0 Å². The van der Waals surface area contributed by atoms with Gasteiger partial charge in [0.1, 0.15) is 11.6 Å². The summed E-state index contributed by atoms with van der Waals surface area (Å²) in [5.74, 6) is 2.26. The Kier molecular flexibility index (Phi) is 7.33. The van der Waals surface area contributed by atoms with Gasteiger partial charge in [-0.2, -0.15) is 5.10 Å². The first kappa shape index (κ1) is 22.6. The molecule has 0 unspecified atom stereocenters. The monoisotopic (exact) mass is 435 g/mol. The van der Waals surface area contributed by atoms with Crippen LogP contribution in [0.15, 0.2) is 53.1 Å². The molecule has 0 atom stereocenters. The Morgan fingerprint density at radius 1 is 0.969 bits per heavy atom. The van der Waals surface area contributed by atoms with E-state index in [0.717, 1.165) is 63.7 Å². The van der Waals surface area contributed by atoms with Crippen LogP contribution < -0.4 is 4.90 Å². The third kappa shape index (κ3) is 4.92. The summed E-state index contributed by atoms with van der Waals surface area (Å²) in [7, 11) is 0. The van der Waals surface area contributed by atoms with Crippen LogP contribution in [0.1, 0.15) is 44.7 Å². The molecule has 32 heavy (non-hydrogen) atoms. The Balaban J connectivity index is 1.73. The van der Waals surface area contributed by atoms with E-state index in [4.69, 9.17) is 9.52 Å². The predicted molar refractivity (Wildman–Crippen MR) is 130 cm³/mol. The van der Waals surface area contributed by atoms with E-state index in [9.17, 15) is 0 Å². The average Bonchev–Trinajstić information content (AvgIpc) is 3.47. The van der Waals surface area contributed by atoms with Gasteiger partial charge in [-0.3, -0.25) is 4.90 Å². The van der Waals surface area contributed by atoms with Crippen molar-refractivity contribution in [2.45, 2.75) is 53.2 Å². The topological polar surface area (TPSA) is 40.7 Å². The van der Waals surface area contributed by atoms with Crippen molar-refractivity contribution in [2.75, 3.05) is 37.6 Å². The summed E-state index contributed by atoms with van der Waals surface area (Å²) in [5, 5.41) is 5.13. The molecule has 1 saturated heterocycles. The van der Waals surface area contributed by atoms with E-state index in [2.05, 4.69) is 83.5 Å². The number of rotatable bonds is 9. The van der Waals surface area contributed by atoms with E-state index in [0.29, 0.717) is 6.04 Å². The number of anilines is 1. The van der Waals surface area contributed by atoms with Crippen LogP contribution in [0.4, 0.5) is 5.82 Å². The molecule has 6 nitrogen and oxygen atoms in total. The van der Waals surface area contributed by atoms with E-state index in [1.165, 1.54) is 17.1 Å². The zero-order valence-electron chi connectivity index (χ0n) is 20.0. The van der Waals surface area contributed by atoms with Crippen LogP contribution in [0.25, 0.3) is 5.69 Å². The number of hydrogen-bond donors (Lipinski definition) is 0. The lowest BCUT2D eigenvalue weighted by Gasteiger charge is -2.36. The molecule has 1 aliphatic rings. The highest BCUT2D eigenvalue weighted by Gasteiger charge is 2.27. The molecule has 0 saturated carbocycles. The van der Waals surface area contributed by atoms with Gasteiger partial charge in [0.2, 0.25) is 0 Å². The van der Waals surface area contributed by atoms with Crippen LogP contribution in [-0.2, 0) is 19.5 Å². The second-order valence-corrected chi connectivity index (χ2v) is 8.85. The molecule has 0 aliphatic carbocycles. The molecular formula is C26H37N5O. The summed E-state index contributed by atoms with van der Waals surface area (Å²) >= 11 is 0. The van der Waals surface area contributed by atoms with Gasteiger partial charge in [-0.1, -0.05) is 32.0 Å². The number of likely N-dealkylation sites (N-methyl/N-ethyl adjacent to an activating group) is 1. The van der Waals surface area contributed by atoms with Gasteiger partial charge >= 0.3 is 0 Å². The molecule has 0 radical (unpaired) electrons. The fraction of sp³-hybridized carbons (Fsp3) is 0.500. The molecule has 172 valence electrons. The van der Waals surface area contributed by atoms with Gasteiger partial charge in [0.15, 0.2) is 0 Å². The van der Waals surface area contributed by atoms with Crippen molar-refractivity contribution in [2.24, 2.45) is 0 Å². The first-order chi connectivity index (χ1) is 15.6. The van der Waals surface area contributed by atoms with E-state index in [-0.39, 0.29) is 0 Å². The molecule has 1 fully saturated rings. The second kappa shape index (κ2) is 10.4. The molecule has 2 aromatic heterocycles. The fourth-order valence-corrected chi connectivity index (χ4v) is 4.51. The van der Waals surface area contributed by atoms with Crippen LogP contribution in [-0.4, -0.2) is 58.3 Å². The summed E-state index contributed by atoms with van der Waals surface area (Å²) in [6, 6.07) is 15.0. The third-order valence-corrected chi connectivity index (χ3v) is 6.52. The molecule has 0 amide bonds. The quantitative estimate of drug-likeness (QED) is 0.492. The highest BCUT2D eigenvalue weighted by atomic mass is 16.3. The van der Waals surface area contributed by atoms with E-state index in [1.807, 2.05) is 6.07 Å². The Hall–Kier alpha value is -2.57. The predicted octanol–water partition coefficient (Wildman–Crippen LogP) is 4.58. The zero-order chi connectivity index (χ0) is 22.5. The number of piperazine rings is 1. The molecule has 1 aromatic carbocycles. The molecule has 3 heterocycles. The maximum Gasteiger partial charge on any atom is 0.137 e. The Morgan fingerprint density at radius 3 is 2.31 bits per heavy atom. The third-order valence-electron chi connectivity index (χ3n) is 6.52. The highest BCUT2D eigenvalue weighted by Crippen LogP contribution is 2.31. The first-order valence-electron chi connectivity index (χ1n) is 12.0. The summed E-state index contributed by atoms with van der Waals surface area (Å²) in [4.78, 5) is 7.56. The van der Waals surface area contributed by atoms with Crippen molar-refractivity contribution >= 4 is 5.82 Å². The number of para-hydroxylation sites is 1. The number of aromatic nitrogens is 2. The standard InChI is InChI=1S/C26H37N5O/c1-5-25-24(20-30(21(3)4)19-23-13-10-18-32-23)26(29-16-14-28(6-2)15-17-29)31(27-25)22-11-8-7-9-12-22/h7-13,18,21H,5-6,14-17,19-20H2,1-4H3. The molecule has 6 heteroatoms. The minimum absolute atomic E-state index is 0.398. The van der Waals surface area contributed by atoms with Gasteiger partial charge in [0.05, 0.1) is 24.2 Å². The van der Waals surface area contributed by atoms with Gasteiger partial charge in [-0.15, -0.1) is 0 Å². The smallest absolute Gasteiger partial charge is 0.137 e. The fourth-order valence-electron chi connectivity index (χ4n) is 4.51. The number of benzene rings is 1. The summed E-state index contributed by atoms with van der Waals surface area (Å²) in [6.45, 7) is 16.0. The maximum absolute atomic E-state index is 5.68. The molecule has 0 N–H and O–H groups in total. The lowest BCUT2D eigenvalue weighted by molar-refractivity contribution is 0.187. The van der Waals surface area contributed by atoms with Gasteiger partial charge < -0.3 is 14.2 Å². The summed E-state index contributed by atoms with van der Waals surface area (Å²) in [5.41, 5.74) is 3.66. The molecule has 4 rings (SSSR count). The largest absolute Gasteiger partial charge is 0.468 e. The Labute approximate surface area is 192 Å². The minimum atomic E-state index is 0.398. The number of furan rings is 1. The van der Waals surface area contributed by atoms with Crippen LogP contribution >= 0.6 is 0 Å².